The first kappa shape index (κ1) is 16.7. The van der Waals surface area contributed by atoms with Crippen molar-refractivity contribution in [3.63, 3.8) is 0 Å². The van der Waals surface area contributed by atoms with Gasteiger partial charge in [0.05, 0.1) is 5.92 Å². The normalized spacial score (nSPS) is 15.4. The van der Waals surface area contributed by atoms with Gasteiger partial charge in [0.25, 0.3) is 0 Å². The van der Waals surface area contributed by atoms with Gasteiger partial charge in [-0.05, 0) is 37.8 Å². The summed E-state index contributed by atoms with van der Waals surface area (Å²) in [6.07, 6.45) is 2.87. The Morgan fingerprint density at radius 3 is 2.45 bits per heavy atom. The Hall–Kier alpha value is -1.35. The number of nitrogens with two attached hydrogens (primary N) is 1. The fourth-order valence-electron chi connectivity index (χ4n) is 2.46. The third-order valence-electron chi connectivity index (χ3n) is 3.88. The third kappa shape index (κ3) is 4.97. The highest BCUT2D eigenvalue weighted by Gasteiger charge is 2.26. The van der Waals surface area contributed by atoms with Crippen LogP contribution in [0.15, 0.2) is 30.3 Å². The lowest BCUT2D eigenvalue weighted by Gasteiger charge is -2.25. The molecule has 0 aliphatic rings. The van der Waals surface area contributed by atoms with Crippen molar-refractivity contribution >= 4 is 5.91 Å². The van der Waals surface area contributed by atoms with Crippen molar-refractivity contribution in [2.45, 2.75) is 52.0 Å². The Balaban J connectivity index is 2.76. The summed E-state index contributed by atoms with van der Waals surface area (Å²) in [4.78, 5) is 12.6. The fraction of sp³-hybridized carbons (Fsp3) is 0.588. The second kappa shape index (κ2) is 8.75. The molecule has 3 N–H and O–H groups in total. The molecular formula is C17H28N2O. The molecule has 0 aromatic heterocycles. The van der Waals surface area contributed by atoms with E-state index < -0.39 is 0 Å². The van der Waals surface area contributed by atoms with Gasteiger partial charge < -0.3 is 11.1 Å². The maximum Gasteiger partial charge on any atom is 0.228 e. The summed E-state index contributed by atoms with van der Waals surface area (Å²) < 4.78 is 0. The Labute approximate surface area is 122 Å². The molecule has 3 heteroatoms. The highest BCUT2D eigenvalue weighted by molar-refractivity contribution is 5.84. The molecule has 0 bridgehead atoms. The minimum Gasteiger partial charge on any atom is -0.353 e. The molecular weight excluding hydrogens is 248 g/mol. The molecule has 0 aliphatic carbocycles. The van der Waals surface area contributed by atoms with Gasteiger partial charge in [0.15, 0.2) is 0 Å². The monoisotopic (exact) mass is 276 g/mol. The molecule has 1 aromatic carbocycles. The van der Waals surface area contributed by atoms with Gasteiger partial charge >= 0.3 is 0 Å². The van der Waals surface area contributed by atoms with Gasteiger partial charge in [-0.1, -0.05) is 50.6 Å². The molecule has 0 radical (unpaired) electrons. The fourth-order valence-corrected chi connectivity index (χ4v) is 2.46. The van der Waals surface area contributed by atoms with Gasteiger partial charge in [-0.3, -0.25) is 4.79 Å². The number of carbonyl (C=O) groups excluding carboxylic acids is 1. The van der Waals surface area contributed by atoms with Crippen molar-refractivity contribution in [2.75, 3.05) is 6.54 Å². The van der Waals surface area contributed by atoms with Crippen molar-refractivity contribution in [3.8, 4) is 0 Å². The van der Waals surface area contributed by atoms with Crippen LogP contribution in [-0.2, 0) is 4.79 Å². The van der Waals surface area contributed by atoms with Gasteiger partial charge in [0.1, 0.15) is 0 Å². The highest BCUT2D eigenvalue weighted by Crippen LogP contribution is 2.27. The van der Waals surface area contributed by atoms with Crippen LogP contribution < -0.4 is 11.1 Å². The molecule has 0 fully saturated rings. The van der Waals surface area contributed by atoms with Gasteiger partial charge in [-0.15, -0.1) is 0 Å². The molecule has 0 spiro atoms. The van der Waals surface area contributed by atoms with Crippen LogP contribution in [0.3, 0.4) is 0 Å². The molecule has 3 unspecified atom stereocenters. The summed E-state index contributed by atoms with van der Waals surface area (Å²) in [5.41, 5.74) is 6.62. The number of hydrogen-bond donors (Lipinski definition) is 2. The quantitative estimate of drug-likeness (QED) is 0.766. The summed E-state index contributed by atoms with van der Waals surface area (Å²) in [5.74, 6) is 0.399. The van der Waals surface area contributed by atoms with E-state index in [1.54, 1.807) is 0 Å². The van der Waals surface area contributed by atoms with Crippen LogP contribution in [0.2, 0.25) is 0 Å². The second-order valence-electron chi connectivity index (χ2n) is 5.61. The van der Waals surface area contributed by atoms with E-state index in [1.165, 1.54) is 0 Å². The molecule has 0 heterocycles. The van der Waals surface area contributed by atoms with E-state index in [0.717, 1.165) is 24.8 Å². The molecule has 1 aromatic rings. The molecule has 3 nitrogen and oxygen atoms in total. The number of carbonyl (C=O) groups is 1. The van der Waals surface area contributed by atoms with Crippen LogP contribution in [0.25, 0.3) is 0 Å². The van der Waals surface area contributed by atoms with Crippen molar-refractivity contribution in [1.82, 2.24) is 5.32 Å². The Morgan fingerprint density at radius 1 is 1.25 bits per heavy atom. The van der Waals surface area contributed by atoms with Crippen LogP contribution in [0.1, 0.15) is 51.5 Å². The van der Waals surface area contributed by atoms with Gasteiger partial charge in [0, 0.05) is 6.04 Å². The minimum absolute atomic E-state index is 0.0680. The first-order valence-corrected chi connectivity index (χ1v) is 7.65. The van der Waals surface area contributed by atoms with E-state index >= 15 is 0 Å². The van der Waals surface area contributed by atoms with Crippen molar-refractivity contribution in [3.05, 3.63) is 35.9 Å². The minimum atomic E-state index is -0.0680. The molecule has 0 aliphatic heterocycles. The maximum absolute atomic E-state index is 12.6. The Morgan fingerprint density at radius 2 is 1.90 bits per heavy atom. The van der Waals surface area contributed by atoms with E-state index in [-0.39, 0.29) is 17.9 Å². The highest BCUT2D eigenvalue weighted by atomic mass is 16.1. The molecule has 0 saturated carbocycles. The van der Waals surface area contributed by atoms with Crippen LogP contribution >= 0.6 is 0 Å². The topological polar surface area (TPSA) is 55.1 Å². The zero-order valence-corrected chi connectivity index (χ0v) is 12.9. The summed E-state index contributed by atoms with van der Waals surface area (Å²) >= 11 is 0. The largest absolute Gasteiger partial charge is 0.353 e. The van der Waals surface area contributed by atoms with E-state index in [9.17, 15) is 4.79 Å². The first-order chi connectivity index (χ1) is 9.60. The molecule has 0 saturated heterocycles. The summed E-state index contributed by atoms with van der Waals surface area (Å²) in [6.45, 7) is 6.99. The lowest BCUT2D eigenvalue weighted by molar-refractivity contribution is -0.124. The van der Waals surface area contributed by atoms with Crippen LogP contribution in [0.5, 0.6) is 0 Å². The lowest BCUT2D eigenvalue weighted by Crippen LogP contribution is -2.38. The molecule has 3 atom stereocenters. The SMILES string of the molecule is CCC(C)C(C(=O)NC(C)CCCN)c1ccccc1. The van der Waals surface area contributed by atoms with Gasteiger partial charge in [-0.2, -0.15) is 0 Å². The number of amides is 1. The van der Waals surface area contributed by atoms with Crippen molar-refractivity contribution in [2.24, 2.45) is 11.7 Å². The van der Waals surface area contributed by atoms with Gasteiger partial charge in [-0.25, -0.2) is 0 Å². The van der Waals surface area contributed by atoms with Crippen LogP contribution in [0.4, 0.5) is 0 Å². The number of rotatable bonds is 8. The number of hydrogen-bond acceptors (Lipinski definition) is 2. The zero-order valence-electron chi connectivity index (χ0n) is 12.9. The average Bonchev–Trinajstić information content (AvgIpc) is 2.46. The summed E-state index contributed by atoms with van der Waals surface area (Å²) in [5, 5.41) is 3.13. The van der Waals surface area contributed by atoms with E-state index in [0.29, 0.717) is 12.5 Å². The van der Waals surface area contributed by atoms with E-state index in [2.05, 4.69) is 19.2 Å². The predicted molar refractivity (Wildman–Crippen MR) is 84.5 cm³/mol. The van der Waals surface area contributed by atoms with Crippen LogP contribution in [-0.4, -0.2) is 18.5 Å². The molecule has 20 heavy (non-hydrogen) atoms. The molecule has 1 rings (SSSR count). The maximum atomic E-state index is 12.6. The third-order valence-corrected chi connectivity index (χ3v) is 3.88. The first-order valence-electron chi connectivity index (χ1n) is 7.65. The zero-order chi connectivity index (χ0) is 15.0. The van der Waals surface area contributed by atoms with Crippen LogP contribution in [0, 0.1) is 5.92 Å². The number of benzene rings is 1. The van der Waals surface area contributed by atoms with E-state index in [1.807, 2.05) is 37.3 Å². The van der Waals surface area contributed by atoms with Crippen molar-refractivity contribution in [1.29, 1.82) is 0 Å². The van der Waals surface area contributed by atoms with Crippen molar-refractivity contribution < 1.29 is 4.79 Å². The smallest absolute Gasteiger partial charge is 0.228 e. The predicted octanol–water partition coefficient (Wildman–Crippen LogP) is 3.06. The average molecular weight is 276 g/mol. The summed E-state index contributed by atoms with van der Waals surface area (Å²) in [7, 11) is 0. The standard InChI is InChI=1S/C17H28N2O/c1-4-13(2)16(15-10-6-5-7-11-15)17(20)19-14(3)9-8-12-18/h5-7,10-11,13-14,16H,4,8-9,12,18H2,1-3H3,(H,19,20). The Bertz CT molecular complexity index is 391. The van der Waals surface area contributed by atoms with E-state index in [4.69, 9.17) is 5.73 Å². The lowest BCUT2D eigenvalue weighted by atomic mass is 9.84. The molecule has 1 amide bonds. The summed E-state index contributed by atoms with van der Waals surface area (Å²) in [6, 6.07) is 10.2. The second-order valence-corrected chi connectivity index (χ2v) is 5.61. The number of nitrogens with one attached hydrogen (secondary N) is 1. The van der Waals surface area contributed by atoms with Gasteiger partial charge in [0.2, 0.25) is 5.91 Å². The Kier molecular flexibility index (Phi) is 7.31. The molecule has 112 valence electrons.